The molecule has 0 saturated carbocycles. The predicted octanol–water partition coefficient (Wildman–Crippen LogP) is 3.51. The summed E-state index contributed by atoms with van der Waals surface area (Å²) in [6, 6.07) is 11.3. The van der Waals surface area contributed by atoms with E-state index in [-0.39, 0.29) is 10.9 Å². The lowest BCUT2D eigenvalue weighted by atomic mass is 10.2. The van der Waals surface area contributed by atoms with Crippen LogP contribution in [0.5, 0.6) is 5.75 Å². The maximum Gasteiger partial charge on any atom is 0.246 e. The van der Waals surface area contributed by atoms with Gasteiger partial charge in [0.1, 0.15) is 11.8 Å². The van der Waals surface area contributed by atoms with Gasteiger partial charge in [0.25, 0.3) is 0 Å². The standard InChI is InChI=1S/C21H25Cl2N3O4S/c1-15(26(31(3,28)29)18-7-8-20(30-2)19(23)14-18)21(27)25-11-9-24(10-12-25)17-6-4-5-16(22)13-17/h4-8,13-15H,9-12H2,1-3H3. The molecule has 1 aliphatic rings. The van der Waals surface area contributed by atoms with E-state index >= 15 is 0 Å². The predicted molar refractivity (Wildman–Crippen MR) is 125 cm³/mol. The van der Waals surface area contributed by atoms with Crippen molar-refractivity contribution < 1.29 is 17.9 Å². The minimum absolute atomic E-state index is 0.261. The highest BCUT2D eigenvalue weighted by Crippen LogP contribution is 2.31. The van der Waals surface area contributed by atoms with Gasteiger partial charge in [-0.1, -0.05) is 29.3 Å². The van der Waals surface area contributed by atoms with Gasteiger partial charge in [-0.15, -0.1) is 0 Å². The maximum atomic E-state index is 13.2. The molecule has 0 N–H and O–H groups in total. The van der Waals surface area contributed by atoms with Gasteiger partial charge in [0.15, 0.2) is 0 Å². The van der Waals surface area contributed by atoms with Crippen LogP contribution in [0.25, 0.3) is 0 Å². The van der Waals surface area contributed by atoms with Gasteiger partial charge in [-0.05, 0) is 43.3 Å². The third-order valence-electron chi connectivity index (χ3n) is 5.22. The number of piperazine rings is 1. The molecule has 1 atom stereocenters. The van der Waals surface area contributed by atoms with Crippen LogP contribution in [-0.2, 0) is 14.8 Å². The lowest BCUT2D eigenvalue weighted by Crippen LogP contribution is -2.55. The SMILES string of the molecule is COc1ccc(N(C(C)C(=O)N2CCN(c3cccc(Cl)c3)CC2)S(C)(=O)=O)cc1Cl. The van der Waals surface area contributed by atoms with Gasteiger partial charge >= 0.3 is 0 Å². The van der Waals surface area contributed by atoms with E-state index in [1.165, 1.54) is 13.2 Å². The third-order valence-corrected chi connectivity index (χ3v) is 6.99. The highest BCUT2D eigenvalue weighted by Gasteiger charge is 2.33. The molecule has 10 heteroatoms. The van der Waals surface area contributed by atoms with Gasteiger partial charge in [-0.25, -0.2) is 8.42 Å². The lowest BCUT2D eigenvalue weighted by Gasteiger charge is -2.39. The normalized spacial score (nSPS) is 15.5. The first kappa shape index (κ1) is 23.5. The molecule has 0 aromatic heterocycles. The summed E-state index contributed by atoms with van der Waals surface area (Å²) in [5, 5.41) is 0.926. The summed E-state index contributed by atoms with van der Waals surface area (Å²) >= 11 is 12.3. The lowest BCUT2D eigenvalue weighted by molar-refractivity contribution is -0.132. The van der Waals surface area contributed by atoms with Crippen LogP contribution in [0.1, 0.15) is 6.92 Å². The van der Waals surface area contributed by atoms with Crippen molar-refractivity contribution in [2.24, 2.45) is 0 Å². The molecule has 7 nitrogen and oxygen atoms in total. The van der Waals surface area contributed by atoms with Crippen molar-refractivity contribution in [3.05, 3.63) is 52.5 Å². The Hall–Kier alpha value is -2.16. The minimum Gasteiger partial charge on any atom is -0.495 e. The van der Waals surface area contributed by atoms with Gasteiger partial charge in [-0.3, -0.25) is 9.10 Å². The molecule has 1 fully saturated rings. The van der Waals surface area contributed by atoms with Crippen LogP contribution in [0.2, 0.25) is 10.0 Å². The van der Waals surface area contributed by atoms with E-state index in [4.69, 9.17) is 27.9 Å². The van der Waals surface area contributed by atoms with Crippen LogP contribution in [0.3, 0.4) is 0 Å². The number of sulfonamides is 1. The molecule has 0 radical (unpaired) electrons. The second-order valence-corrected chi connectivity index (χ2v) is 10.0. The molecule has 2 aromatic carbocycles. The molecule has 31 heavy (non-hydrogen) atoms. The van der Waals surface area contributed by atoms with Gasteiger partial charge < -0.3 is 14.5 Å². The third kappa shape index (κ3) is 5.37. The van der Waals surface area contributed by atoms with E-state index in [1.54, 1.807) is 24.0 Å². The smallest absolute Gasteiger partial charge is 0.246 e. The quantitative estimate of drug-likeness (QED) is 0.625. The van der Waals surface area contributed by atoms with Gasteiger partial charge in [0.2, 0.25) is 15.9 Å². The van der Waals surface area contributed by atoms with E-state index in [0.717, 1.165) is 16.2 Å². The number of carbonyl (C=O) groups is 1. The molecule has 1 amide bonds. The highest BCUT2D eigenvalue weighted by molar-refractivity contribution is 7.92. The number of carbonyl (C=O) groups excluding carboxylic acids is 1. The summed E-state index contributed by atoms with van der Waals surface area (Å²) in [4.78, 5) is 17.0. The van der Waals surface area contributed by atoms with Crippen LogP contribution >= 0.6 is 23.2 Å². The van der Waals surface area contributed by atoms with Crippen molar-refractivity contribution in [2.45, 2.75) is 13.0 Å². The number of benzene rings is 2. The number of anilines is 2. The van der Waals surface area contributed by atoms with E-state index in [9.17, 15) is 13.2 Å². The summed E-state index contributed by atoms with van der Waals surface area (Å²) < 4.78 is 31.3. The van der Waals surface area contributed by atoms with Crippen molar-refractivity contribution in [1.82, 2.24) is 4.90 Å². The van der Waals surface area contributed by atoms with Crippen LogP contribution in [0.4, 0.5) is 11.4 Å². The number of halogens is 2. The molecular formula is C21H25Cl2N3O4S. The average Bonchev–Trinajstić information content (AvgIpc) is 2.72. The van der Waals surface area contributed by atoms with Crippen molar-refractivity contribution in [1.29, 1.82) is 0 Å². The number of ether oxygens (including phenoxy) is 1. The summed E-state index contributed by atoms with van der Waals surface area (Å²) in [7, 11) is -2.26. The Morgan fingerprint density at radius 2 is 1.77 bits per heavy atom. The molecule has 2 aromatic rings. The summed E-state index contributed by atoms with van der Waals surface area (Å²) in [6.45, 7) is 3.82. The first-order chi connectivity index (χ1) is 14.6. The van der Waals surface area contributed by atoms with Crippen LogP contribution in [0.15, 0.2) is 42.5 Å². The van der Waals surface area contributed by atoms with Crippen molar-refractivity contribution in [3.8, 4) is 5.75 Å². The molecular weight excluding hydrogens is 461 g/mol. The number of rotatable bonds is 6. The topological polar surface area (TPSA) is 70.2 Å². The zero-order valence-electron chi connectivity index (χ0n) is 17.6. The summed E-state index contributed by atoms with van der Waals surface area (Å²) in [5.41, 5.74) is 1.31. The first-order valence-corrected chi connectivity index (χ1v) is 12.3. The Kier molecular flexibility index (Phi) is 7.24. The number of hydrogen-bond acceptors (Lipinski definition) is 5. The van der Waals surface area contributed by atoms with Crippen molar-refractivity contribution in [3.63, 3.8) is 0 Å². The Morgan fingerprint density at radius 1 is 1.10 bits per heavy atom. The first-order valence-electron chi connectivity index (χ1n) is 9.74. The summed E-state index contributed by atoms with van der Waals surface area (Å²) in [6.07, 6.45) is 1.08. The number of amides is 1. The Morgan fingerprint density at radius 3 is 2.32 bits per heavy atom. The molecule has 1 unspecified atom stereocenters. The van der Waals surface area contributed by atoms with Crippen LogP contribution in [0, 0.1) is 0 Å². The van der Waals surface area contributed by atoms with Gasteiger partial charge in [0, 0.05) is 36.9 Å². The molecule has 0 aliphatic carbocycles. The van der Waals surface area contributed by atoms with Crippen LogP contribution < -0.4 is 13.9 Å². The van der Waals surface area contributed by atoms with Crippen molar-refractivity contribution >= 4 is 50.5 Å². The molecule has 1 aliphatic heterocycles. The monoisotopic (exact) mass is 485 g/mol. The van der Waals surface area contributed by atoms with E-state index in [2.05, 4.69) is 4.90 Å². The largest absolute Gasteiger partial charge is 0.495 e. The number of hydrogen-bond donors (Lipinski definition) is 0. The minimum atomic E-state index is -3.73. The fourth-order valence-electron chi connectivity index (χ4n) is 3.72. The average molecular weight is 486 g/mol. The second-order valence-electron chi connectivity index (χ2n) is 7.35. The second kappa shape index (κ2) is 9.54. The Balaban J connectivity index is 1.76. The van der Waals surface area contributed by atoms with Gasteiger partial charge in [-0.2, -0.15) is 0 Å². The van der Waals surface area contributed by atoms with Crippen LogP contribution in [-0.4, -0.2) is 64.8 Å². The Bertz CT molecular complexity index is 1060. The molecule has 1 heterocycles. The van der Waals surface area contributed by atoms with Gasteiger partial charge in [0.05, 0.1) is 24.1 Å². The Labute approximate surface area is 193 Å². The zero-order valence-corrected chi connectivity index (χ0v) is 19.9. The zero-order chi connectivity index (χ0) is 22.8. The molecule has 0 spiro atoms. The van der Waals surface area contributed by atoms with E-state index in [0.29, 0.717) is 42.6 Å². The number of nitrogens with zero attached hydrogens (tertiary/aromatic N) is 3. The van der Waals surface area contributed by atoms with Crippen molar-refractivity contribution in [2.75, 3.05) is 48.7 Å². The summed E-state index contributed by atoms with van der Waals surface area (Å²) in [5.74, 6) is 0.165. The molecule has 1 saturated heterocycles. The van der Waals surface area contributed by atoms with E-state index < -0.39 is 16.1 Å². The maximum absolute atomic E-state index is 13.2. The fraction of sp³-hybridized carbons (Fsp3) is 0.381. The highest BCUT2D eigenvalue weighted by atomic mass is 35.5. The van der Waals surface area contributed by atoms with E-state index in [1.807, 2.05) is 24.3 Å². The molecule has 168 valence electrons. The fourth-order valence-corrected chi connectivity index (χ4v) is 5.31. The number of methoxy groups -OCH3 is 1. The molecule has 0 bridgehead atoms. The molecule has 3 rings (SSSR count).